The van der Waals surface area contributed by atoms with E-state index in [1.54, 1.807) is 6.33 Å². The molecule has 5 rings (SSSR count). The van der Waals surface area contributed by atoms with E-state index in [1.165, 1.54) is 29.7 Å². The minimum atomic E-state index is 0.227. The van der Waals surface area contributed by atoms with Crippen LogP contribution in [0.5, 0.6) is 0 Å². The Morgan fingerprint density at radius 1 is 1.18 bits per heavy atom. The minimum absolute atomic E-state index is 0.227. The molecule has 1 atom stereocenters. The fourth-order valence-electron chi connectivity index (χ4n) is 5.05. The lowest BCUT2D eigenvalue weighted by molar-refractivity contribution is 0.0674. The Morgan fingerprint density at radius 3 is 2.82 bits per heavy atom. The van der Waals surface area contributed by atoms with Gasteiger partial charge < -0.3 is 15.2 Å². The lowest BCUT2D eigenvalue weighted by Gasteiger charge is -2.32. The number of likely N-dealkylation sites (tertiary alicyclic amines) is 1. The number of aromatic nitrogens is 2. The molecule has 0 spiro atoms. The van der Waals surface area contributed by atoms with E-state index in [4.69, 9.17) is 0 Å². The van der Waals surface area contributed by atoms with Gasteiger partial charge in [-0.05, 0) is 68.4 Å². The number of nitrogens with one attached hydrogen (secondary N) is 2. The maximum absolute atomic E-state index is 12.9. The standard InChI is InChI=1S/C22H29N5O/c28-22-21-4-3-17(10-18(21)13-27(22)20-2-1-7-23-12-20)16-5-8-26(9-6-16)14-19-11-24-15-25-19/h3-4,10-11,15-16,20,23H,1-2,5-9,12-14H2,(H,24,25). The first kappa shape index (κ1) is 17.9. The molecule has 2 N–H and O–H groups in total. The molecule has 1 aromatic heterocycles. The van der Waals surface area contributed by atoms with Gasteiger partial charge in [0.25, 0.3) is 5.91 Å². The van der Waals surface area contributed by atoms with Crippen molar-refractivity contribution in [1.29, 1.82) is 0 Å². The number of benzene rings is 1. The van der Waals surface area contributed by atoms with Gasteiger partial charge in [-0.2, -0.15) is 0 Å². The second-order valence-electron chi connectivity index (χ2n) is 8.48. The summed E-state index contributed by atoms with van der Waals surface area (Å²) in [6.07, 6.45) is 8.30. The van der Waals surface area contributed by atoms with E-state index < -0.39 is 0 Å². The van der Waals surface area contributed by atoms with Crippen molar-refractivity contribution < 1.29 is 4.79 Å². The van der Waals surface area contributed by atoms with Gasteiger partial charge in [-0.15, -0.1) is 0 Å². The summed E-state index contributed by atoms with van der Waals surface area (Å²) in [5.41, 5.74) is 4.75. The summed E-state index contributed by atoms with van der Waals surface area (Å²) in [4.78, 5) is 24.8. The van der Waals surface area contributed by atoms with Crippen molar-refractivity contribution in [2.45, 2.75) is 50.7 Å². The lowest BCUT2D eigenvalue weighted by Crippen LogP contribution is -2.46. The third-order valence-electron chi connectivity index (χ3n) is 6.68. The predicted molar refractivity (Wildman–Crippen MR) is 108 cm³/mol. The molecule has 1 amide bonds. The third kappa shape index (κ3) is 3.47. The Kier molecular flexibility index (Phi) is 4.91. The molecule has 28 heavy (non-hydrogen) atoms. The first-order valence-electron chi connectivity index (χ1n) is 10.6. The number of H-pyrrole nitrogens is 1. The van der Waals surface area contributed by atoms with Crippen LogP contribution in [0, 0.1) is 0 Å². The van der Waals surface area contributed by atoms with Crippen LogP contribution in [-0.4, -0.2) is 57.9 Å². The van der Waals surface area contributed by atoms with Gasteiger partial charge in [-0.1, -0.05) is 12.1 Å². The Hall–Kier alpha value is -2.18. The first-order chi connectivity index (χ1) is 13.8. The van der Waals surface area contributed by atoms with Crippen LogP contribution in [0.2, 0.25) is 0 Å². The average molecular weight is 380 g/mol. The van der Waals surface area contributed by atoms with Crippen molar-refractivity contribution in [3.05, 3.63) is 53.1 Å². The highest BCUT2D eigenvalue weighted by Crippen LogP contribution is 2.33. The number of amides is 1. The molecule has 1 aromatic carbocycles. The molecule has 6 heteroatoms. The number of rotatable bonds is 4. The largest absolute Gasteiger partial charge is 0.347 e. The molecule has 0 saturated carbocycles. The zero-order chi connectivity index (χ0) is 18.9. The van der Waals surface area contributed by atoms with Crippen molar-refractivity contribution in [2.75, 3.05) is 26.2 Å². The van der Waals surface area contributed by atoms with E-state index >= 15 is 0 Å². The van der Waals surface area contributed by atoms with Crippen LogP contribution in [0.25, 0.3) is 0 Å². The molecule has 4 heterocycles. The molecule has 3 aliphatic rings. The number of carbonyl (C=O) groups is 1. The number of hydrogen-bond donors (Lipinski definition) is 2. The number of fused-ring (bicyclic) bond motifs is 1. The summed E-state index contributed by atoms with van der Waals surface area (Å²) >= 11 is 0. The number of carbonyl (C=O) groups excluding carboxylic acids is 1. The molecule has 0 bridgehead atoms. The third-order valence-corrected chi connectivity index (χ3v) is 6.68. The normalized spacial score (nSPS) is 23.9. The number of nitrogens with zero attached hydrogens (tertiary/aromatic N) is 3. The van der Waals surface area contributed by atoms with Gasteiger partial charge in [-0.25, -0.2) is 4.98 Å². The fraction of sp³-hybridized carbons (Fsp3) is 0.545. The number of aromatic amines is 1. The molecule has 0 radical (unpaired) electrons. The van der Waals surface area contributed by atoms with E-state index in [2.05, 4.69) is 43.3 Å². The van der Waals surface area contributed by atoms with E-state index in [-0.39, 0.29) is 5.91 Å². The highest BCUT2D eigenvalue weighted by Gasteiger charge is 2.34. The van der Waals surface area contributed by atoms with E-state index in [9.17, 15) is 4.79 Å². The smallest absolute Gasteiger partial charge is 0.254 e. The summed E-state index contributed by atoms with van der Waals surface area (Å²) in [5.74, 6) is 0.827. The van der Waals surface area contributed by atoms with Crippen molar-refractivity contribution in [3.63, 3.8) is 0 Å². The van der Waals surface area contributed by atoms with Crippen LogP contribution in [-0.2, 0) is 13.1 Å². The van der Waals surface area contributed by atoms with Crippen LogP contribution < -0.4 is 5.32 Å². The van der Waals surface area contributed by atoms with Gasteiger partial charge in [-0.3, -0.25) is 9.69 Å². The molecule has 1 unspecified atom stereocenters. The van der Waals surface area contributed by atoms with Crippen LogP contribution >= 0.6 is 0 Å². The van der Waals surface area contributed by atoms with Crippen molar-refractivity contribution in [1.82, 2.24) is 25.1 Å². The van der Waals surface area contributed by atoms with Crippen LogP contribution in [0.3, 0.4) is 0 Å². The van der Waals surface area contributed by atoms with Gasteiger partial charge in [0.05, 0.1) is 6.33 Å². The van der Waals surface area contributed by atoms with Crippen LogP contribution in [0.1, 0.15) is 58.8 Å². The molecule has 148 valence electrons. The maximum Gasteiger partial charge on any atom is 0.254 e. The minimum Gasteiger partial charge on any atom is -0.347 e. The number of piperidine rings is 2. The van der Waals surface area contributed by atoms with Gasteiger partial charge in [0, 0.05) is 43.1 Å². The Balaban J connectivity index is 1.23. The summed E-state index contributed by atoms with van der Waals surface area (Å²) in [6.45, 7) is 5.97. The summed E-state index contributed by atoms with van der Waals surface area (Å²) < 4.78 is 0. The highest BCUT2D eigenvalue weighted by atomic mass is 16.2. The second-order valence-corrected chi connectivity index (χ2v) is 8.48. The van der Waals surface area contributed by atoms with Crippen molar-refractivity contribution in [2.24, 2.45) is 0 Å². The van der Waals surface area contributed by atoms with Gasteiger partial charge in [0.2, 0.25) is 0 Å². The van der Waals surface area contributed by atoms with E-state index in [1.807, 2.05) is 6.20 Å². The number of imidazole rings is 1. The quantitative estimate of drug-likeness (QED) is 0.857. The molecule has 2 fully saturated rings. The SMILES string of the molecule is O=C1c2ccc(C3CCN(Cc4cnc[nH]4)CC3)cc2CN1C1CCCNC1. The monoisotopic (exact) mass is 379 g/mol. The Bertz CT molecular complexity index is 819. The van der Waals surface area contributed by atoms with Gasteiger partial charge in [0.15, 0.2) is 0 Å². The Morgan fingerprint density at radius 2 is 2.07 bits per heavy atom. The fourth-order valence-corrected chi connectivity index (χ4v) is 5.05. The molecule has 6 nitrogen and oxygen atoms in total. The predicted octanol–water partition coefficient (Wildman–Crippen LogP) is 2.50. The van der Waals surface area contributed by atoms with E-state index in [0.29, 0.717) is 12.0 Å². The summed E-state index contributed by atoms with van der Waals surface area (Å²) in [7, 11) is 0. The summed E-state index contributed by atoms with van der Waals surface area (Å²) in [5, 5.41) is 3.44. The molecule has 2 aromatic rings. The topological polar surface area (TPSA) is 64.3 Å². The zero-order valence-electron chi connectivity index (χ0n) is 16.4. The first-order valence-corrected chi connectivity index (χ1v) is 10.6. The zero-order valence-corrected chi connectivity index (χ0v) is 16.4. The molecule has 0 aliphatic carbocycles. The maximum atomic E-state index is 12.9. The number of hydrogen-bond acceptors (Lipinski definition) is 4. The molecular formula is C22H29N5O. The average Bonchev–Trinajstić information content (AvgIpc) is 3.37. The van der Waals surface area contributed by atoms with Gasteiger partial charge in [0.1, 0.15) is 0 Å². The second kappa shape index (κ2) is 7.68. The Labute approximate surface area is 166 Å². The van der Waals surface area contributed by atoms with Gasteiger partial charge >= 0.3 is 0 Å². The van der Waals surface area contributed by atoms with Crippen molar-refractivity contribution in [3.8, 4) is 0 Å². The van der Waals surface area contributed by atoms with Crippen LogP contribution in [0.4, 0.5) is 0 Å². The van der Waals surface area contributed by atoms with E-state index in [0.717, 1.165) is 57.7 Å². The molecular weight excluding hydrogens is 350 g/mol. The highest BCUT2D eigenvalue weighted by molar-refractivity contribution is 5.98. The van der Waals surface area contributed by atoms with Crippen LogP contribution in [0.15, 0.2) is 30.7 Å². The molecule has 2 saturated heterocycles. The lowest BCUT2D eigenvalue weighted by atomic mass is 9.88. The molecule has 3 aliphatic heterocycles. The summed E-state index contributed by atoms with van der Waals surface area (Å²) in [6, 6.07) is 6.95. The van der Waals surface area contributed by atoms with Crippen molar-refractivity contribution >= 4 is 5.91 Å².